The lowest BCUT2D eigenvalue weighted by Crippen LogP contribution is -2.15. The first-order chi connectivity index (χ1) is 5.83. The summed E-state index contributed by atoms with van der Waals surface area (Å²) in [5, 5.41) is 2.62. The van der Waals surface area contributed by atoms with Crippen molar-refractivity contribution in [3.63, 3.8) is 0 Å². The molecule has 0 N–H and O–H groups in total. The van der Waals surface area contributed by atoms with Crippen molar-refractivity contribution < 1.29 is 0 Å². The molecule has 0 bridgehead atoms. The van der Waals surface area contributed by atoms with E-state index in [4.69, 9.17) is 0 Å². The zero-order valence-electron chi connectivity index (χ0n) is 7.00. The first-order valence-electron chi connectivity index (χ1n) is 3.96. The van der Waals surface area contributed by atoms with Gasteiger partial charge in [-0.05, 0) is 23.6 Å². The Bertz CT molecular complexity index is 505. The summed E-state index contributed by atoms with van der Waals surface area (Å²) in [7, 11) is 0. The van der Waals surface area contributed by atoms with E-state index in [1.54, 1.807) is 11.3 Å². The van der Waals surface area contributed by atoms with Crippen LogP contribution in [0.25, 0.3) is 22.7 Å². The number of thiophene rings is 1. The highest BCUT2D eigenvalue weighted by molar-refractivity contribution is 7.17. The van der Waals surface area contributed by atoms with E-state index in [0.717, 1.165) is 0 Å². The third kappa shape index (κ3) is 0.978. The maximum absolute atomic E-state index is 4.02. The molecular formula is C11H10S. The molecule has 0 radical (unpaired) electrons. The Morgan fingerprint density at radius 1 is 1.33 bits per heavy atom. The van der Waals surface area contributed by atoms with Crippen molar-refractivity contribution in [3.05, 3.63) is 34.0 Å². The van der Waals surface area contributed by atoms with E-state index >= 15 is 0 Å². The molecule has 0 aliphatic heterocycles. The van der Waals surface area contributed by atoms with Gasteiger partial charge in [-0.3, -0.25) is 0 Å². The van der Waals surface area contributed by atoms with Crippen LogP contribution >= 0.6 is 11.3 Å². The molecule has 1 aromatic carbocycles. The van der Waals surface area contributed by atoms with Crippen LogP contribution in [0.2, 0.25) is 0 Å². The highest BCUT2D eigenvalue weighted by Crippen LogP contribution is 2.11. The molecule has 0 fully saturated rings. The second kappa shape index (κ2) is 2.76. The maximum atomic E-state index is 4.02. The maximum Gasteiger partial charge on any atom is 0.0355 e. The van der Waals surface area contributed by atoms with E-state index in [9.17, 15) is 0 Å². The van der Waals surface area contributed by atoms with Gasteiger partial charge in [0.05, 0.1) is 0 Å². The van der Waals surface area contributed by atoms with Gasteiger partial charge in [0.2, 0.25) is 0 Å². The van der Waals surface area contributed by atoms with Crippen molar-refractivity contribution in [1.29, 1.82) is 0 Å². The minimum absolute atomic E-state index is 1.17. The highest BCUT2D eigenvalue weighted by atomic mass is 32.1. The fourth-order valence-electron chi connectivity index (χ4n) is 1.43. The third-order valence-corrected chi connectivity index (χ3v) is 3.04. The predicted molar refractivity (Wildman–Crippen MR) is 56.7 cm³/mol. The van der Waals surface area contributed by atoms with E-state index in [2.05, 4.69) is 43.8 Å². The summed E-state index contributed by atoms with van der Waals surface area (Å²) in [6, 6.07) is 8.43. The molecule has 0 nitrogen and oxygen atoms in total. The van der Waals surface area contributed by atoms with Crippen LogP contribution in [-0.4, -0.2) is 0 Å². The Morgan fingerprint density at radius 3 is 2.83 bits per heavy atom. The van der Waals surface area contributed by atoms with E-state index in [-0.39, 0.29) is 0 Å². The molecule has 12 heavy (non-hydrogen) atoms. The largest absolute Gasteiger partial charge is 0.136 e. The topological polar surface area (TPSA) is 0 Å². The normalized spacial score (nSPS) is 12.6. The second-order valence-electron chi connectivity index (χ2n) is 2.72. The van der Waals surface area contributed by atoms with Crippen LogP contribution in [0.1, 0.15) is 6.92 Å². The summed E-state index contributed by atoms with van der Waals surface area (Å²) >= 11 is 1.76. The van der Waals surface area contributed by atoms with E-state index in [0.29, 0.717) is 0 Å². The summed E-state index contributed by atoms with van der Waals surface area (Å²) < 4.78 is 2.49. The van der Waals surface area contributed by atoms with Gasteiger partial charge in [-0.2, -0.15) is 0 Å². The van der Waals surface area contributed by atoms with Crippen LogP contribution in [0, 0.1) is 0 Å². The van der Waals surface area contributed by atoms with Crippen molar-refractivity contribution in [2.45, 2.75) is 6.92 Å². The molecule has 0 saturated carbocycles. The first kappa shape index (κ1) is 7.56. The van der Waals surface area contributed by atoms with Crippen LogP contribution in [0.5, 0.6) is 0 Å². The smallest absolute Gasteiger partial charge is 0.0355 e. The minimum Gasteiger partial charge on any atom is -0.136 e. The lowest BCUT2D eigenvalue weighted by Gasteiger charge is -1.84. The molecule has 0 spiro atoms. The van der Waals surface area contributed by atoms with Crippen LogP contribution in [0.15, 0.2) is 24.3 Å². The van der Waals surface area contributed by atoms with Crippen LogP contribution < -0.4 is 9.75 Å². The molecule has 60 valence electrons. The average molecular weight is 174 g/mol. The van der Waals surface area contributed by atoms with E-state index in [1.807, 2.05) is 0 Å². The van der Waals surface area contributed by atoms with Gasteiger partial charge in [0.1, 0.15) is 0 Å². The molecule has 2 rings (SSSR count). The lowest BCUT2D eigenvalue weighted by atomic mass is 10.2. The Kier molecular flexibility index (Phi) is 1.74. The van der Waals surface area contributed by atoms with E-state index in [1.165, 1.54) is 19.8 Å². The molecule has 1 heterocycles. The first-order valence-corrected chi connectivity index (χ1v) is 4.77. The van der Waals surface area contributed by atoms with Crippen molar-refractivity contribution in [3.8, 4) is 0 Å². The summed E-state index contributed by atoms with van der Waals surface area (Å²) in [6.07, 6.45) is 2.13. The zero-order chi connectivity index (χ0) is 8.55. The number of hydrogen-bond acceptors (Lipinski definition) is 1. The van der Waals surface area contributed by atoms with Crippen LogP contribution in [0.4, 0.5) is 0 Å². The van der Waals surface area contributed by atoms with Gasteiger partial charge in [-0.15, -0.1) is 11.3 Å². The quantitative estimate of drug-likeness (QED) is 0.574. The van der Waals surface area contributed by atoms with Gasteiger partial charge in [0.15, 0.2) is 0 Å². The summed E-state index contributed by atoms with van der Waals surface area (Å²) in [6.45, 7) is 6.07. The Balaban J connectivity index is 3.12. The fraction of sp³-hybridized carbons (Fsp3) is 0.0909. The molecule has 0 aliphatic carbocycles. The molecule has 0 amide bonds. The number of fused-ring (bicyclic) bond motifs is 1. The predicted octanol–water partition coefficient (Wildman–Crippen LogP) is 2.11. The van der Waals surface area contributed by atoms with Gasteiger partial charge < -0.3 is 0 Å². The third-order valence-electron chi connectivity index (χ3n) is 2.00. The van der Waals surface area contributed by atoms with Gasteiger partial charge in [-0.1, -0.05) is 30.9 Å². The lowest BCUT2D eigenvalue weighted by molar-refractivity contribution is 1.72. The number of benzene rings is 1. The zero-order valence-corrected chi connectivity index (χ0v) is 7.82. The Morgan fingerprint density at radius 2 is 2.08 bits per heavy atom. The van der Waals surface area contributed by atoms with Crippen molar-refractivity contribution in [2.24, 2.45) is 0 Å². The van der Waals surface area contributed by atoms with Crippen molar-refractivity contribution in [1.82, 2.24) is 0 Å². The second-order valence-corrected chi connectivity index (χ2v) is 3.86. The fourth-order valence-corrected chi connectivity index (χ4v) is 2.47. The van der Waals surface area contributed by atoms with Crippen LogP contribution in [0.3, 0.4) is 0 Å². The highest BCUT2D eigenvalue weighted by Gasteiger charge is 1.95. The molecular weight excluding hydrogens is 164 g/mol. The monoisotopic (exact) mass is 174 g/mol. The number of hydrogen-bond donors (Lipinski definition) is 0. The summed E-state index contributed by atoms with van der Waals surface area (Å²) in [5.74, 6) is 0. The van der Waals surface area contributed by atoms with Crippen molar-refractivity contribution in [2.75, 3.05) is 0 Å². The van der Waals surface area contributed by atoms with Crippen LogP contribution in [-0.2, 0) is 0 Å². The molecule has 0 unspecified atom stereocenters. The van der Waals surface area contributed by atoms with Gasteiger partial charge in [0.25, 0.3) is 0 Å². The van der Waals surface area contributed by atoms with Gasteiger partial charge in [-0.25, -0.2) is 0 Å². The molecule has 0 aliphatic rings. The average Bonchev–Trinajstić information content (AvgIpc) is 2.40. The Labute approximate surface area is 75.5 Å². The number of rotatable bonds is 0. The molecule has 0 atom stereocenters. The molecule has 1 aromatic heterocycles. The SMILES string of the molecule is C=c1sc2ccccc2c1=CC. The minimum atomic E-state index is 1.17. The molecule has 2 aromatic rings. The Hall–Kier alpha value is -1.08. The van der Waals surface area contributed by atoms with E-state index < -0.39 is 0 Å². The van der Waals surface area contributed by atoms with Gasteiger partial charge in [0, 0.05) is 9.23 Å². The standard InChI is InChI=1S/C11H10S/c1-3-9-8(2)12-11-7-5-4-6-10(9)11/h3-7H,2H2,1H3. The molecule has 0 saturated heterocycles. The summed E-state index contributed by atoms with van der Waals surface area (Å²) in [5.41, 5.74) is 0. The van der Waals surface area contributed by atoms with Crippen molar-refractivity contribution >= 4 is 34.1 Å². The molecule has 1 heteroatoms. The van der Waals surface area contributed by atoms with Gasteiger partial charge >= 0.3 is 0 Å². The summed E-state index contributed by atoms with van der Waals surface area (Å²) in [4.78, 5) is 0.